The highest BCUT2D eigenvalue weighted by atomic mass is 19.1. The summed E-state index contributed by atoms with van der Waals surface area (Å²) in [4.78, 5) is 15.1. The van der Waals surface area contributed by atoms with E-state index >= 15 is 0 Å². The van der Waals surface area contributed by atoms with Gasteiger partial charge in [0.2, 0.25) is 11.8 Å². The summed E-state index contributed by atoms with van der Waals surface area (Å²) in [5, 5.41) is 23.0. The molecule has 2 rings (SSSR count). The van der Waals surface area contributed by atoms with Crippen LogP contribution in [-0.2, 0) is 4.74 Å². The highest BCUT2D eigenvalue weighted by Crippen LogP contribution is 2.25. The van der Waals surface area contributed by atoms with Gasteiger partial charge in [-0.05, 0) is 6.42 Å². The third kappa shape index (κ3) is 5.93. The smallest absolute Gasteiger partial charge is 0.341 e. The van der Waals surface area contributed by atoms with Crippen molar-refractivity contribution in [3.05, 3.63) is 29.8 Å². The first kappa shape index (κ1) is 21.9. The fourth-order valence-electron chi connectivity index (χ4n) is 2.43. The van der Waals surface area contributed by atoms with E-state index < -0.39 is 11.9 Å². The lowest BCUT2D eigenvalue weighted by molar-refractivity contribution is 0.0697. The Hall–Kier alpha value is -3.19. The molecule has 146 valence electrons. The summed E-state index contributed by atoms with van der Waals surface area (Å²) in [6.07, 6.45) is 3.12. The number of aromatic carboxylic acids is 1. The van der Waals surface area contributed by atoms with Gasteiger partial charge in [0, 0.05) is 37.7 Å². The van der Waals surface area contributed by atoms with Crippen molar-refractivity contribution in [2.75, 3.05) is 26.1 Å². The third-order valence-corrected chi connectivity index (χ3v) is 3.56. The number of carboxylic acids is 1. The quantitative estimate of drug-likeness (QED) is 0.638. The van der Waals surface area contributed by atoms with Crippen molar-refractivity contribution < 1.29 is 23.8 Å². The van der Waals surface area contributed by atoms with Crippen molar-refractivity contribution in [1.82, 2.24) is 14.8 Å². The number of methoxy groups -OCH3 is 2. The van der Waals surface area contributed by atoms with E-state index in [-0.39, 0.29) is 29.0 Å². The molecule has 0 amide bonds. The number of nitrogens with one attached hydrogen (secondary N) is 1. The SMILES string of the molecule is C#N.CCCC(COC)n1cc(C(=O)O)c(Nc2cc(F)nc(OC)c2)n1. The third-order valence-electron chi connectivity index (χ3n) is 3.56. The Kier molecular flexibility index (Phi) is 8.68. The summed E-state index contributed by atoms with van der Waals surface area (Å²) >= 11 is 0. The van der Waals surface area contributed by atoms with Gasteiger partial charge in [-0.2, -0.15) is 14.5 Å². The Labute approximate surface area is 156 Å². The van der Waals surface area contributed by atoms with Crippen molar-refractivity contribution in [3.63, 3.8) is 0 Å². The normalized spacial score (nSPS) is 11.2. The molecule has 10 heteroatoms. The average molecular weight is 379 g/mol. The molecule has 0 aromatic carbocycles. The van der Waals surface area contributed by atoms with Crippen LogP contribution in [0.4, 0.5) is 15.9 Å². The van der Waals surface area contributed by atoms with Gasteiger partial charge < -0.3 is 19.9 Å². The molecular formula is C17H22FN5O4. The van der Waals surface area contributed by atoms with E-state index in [1.54, 1.807) is 11.8 Å². The Morgan fingerprint density at radius 3 is 2.70 bits per heavy atom. The monoisotopic (exact) mass is 379 g/mol. The van der Waals surface area contributed by atoms with Gasteiger partial charge in [0.15, 0.2) is 5.82 Å². The molecule has 0 aliphatic heterocycles. The van der Waals surface area contributed by atoms with Crippen molar-refractivity contribution in [1.29, 1.82) is 5.26 Å². The summed E-state index contributed by atoms with van der Waals surface area (Å²) in [6.45, 7) is 5.93. The second-order valence-corrected chi connectivity index (χ2v) is 5.42. The zero-order valence-electron chi connectivity index (χ0n) is 15.3. The maximum Gasteiger partial charge on any atom is 0.341 e. The minimum Gasteiger partial charge on any atom is -0.481 e. The van der Waals surface area contributed by atoms with Gasteiger partial charge in [0.1, 0.15) is 5.56 Å². The topological polar surface area (TPSA) is 122 Å². The Morgan fingerprint density at radius 2 is 2.15 bits per heavy atom. The van der Waals surface area contributed by atoms with Gasteiger partial charge in [-0.3, -0.25) is 4.68 Å². The fourth-order valence-corrected chi connectivity index (χ4v) is 2.43. The molecular weight excluding hydrogens is 357 g/mol. The molecule has 1 atom stereocenters. The molecule has 0 spiro atoms. The van der Waals surface area contributed by atoms with Crippen LogP contribution in [0.25, 0.3) is 0 Å². The number of nitriles is 1. The molecule has 27 heavy (non-hydrogen) atoms. The van der Waals surface area contributed by atoms with Gasteiger partial charge in [-0.15, -0.1) is 0 Å². The highest BCUT2D eigenvalue weighted by Gasteiger charge is 2.20. The number of halogens is 1. The van der Waals surface area contributed by atoms with Crippen LogP contribution >= 0.6 is 0 Å². The van der Waals surface area contributed by atoms with Crippen molar-refractivity contribution >= 4 is 17.5 Å². The van der Waals surface area contributed by atoms with Crippen LogP contribution in [-0.4, -0.2) is 46.7 Å². The molecule has 0 bridgehead atoms. The first-order valence-electron chi connectivity index (χ1n) is 8.04. The minimum atomic E-state index is -1.14. The predicted octanol–water partition coefficient (Wildman–Crippen LogP) is 2.99. The Balaban J connectivity index is 0.00000176. The van der Waals surface area contributed by atoms with Crippen molar-refractivity contribution in [2.45, 2.75) is 25.8 Å². The van der Waals surface area contributed by atoms with Crippen LogP contribution in [0.2, 0.25) is 0 Å². The van der Waals surface area contributed by atoms with Gasteiger partial charge >= 0.3 is 5.97 Å². The van der Waals surface area contributed by atoms with E-state index in [0.717, 1.165) is 18.9 Å². The average Bonchev–Trinajstić information content (AvgIpc) is 3.06. The number of aromatic nitrogens is 3. The maximum atomic E-state index is 13.5. The number of anilines is 2. The van der Waals surface area contributed by atoms with E-state index in [4.69, 9.17) is 14.7 Å². The summed E-state index contributed by atoms with van der Waals surface area (Å²) in [6, 6.07) is 2.49. The molecule has 0 fully saturated rings. The molecule has 0 saturated carbocycles. The summed E-state index contributed by atoms with van der Waals surface area (Å²) in [5.41, 5.74) is 0.268. The van der Waals surface area contributed by atoms with E-state index in [2.05, 4.69) is 22.0 Å². The summed E-state index contributed by atoms with van der Waals surface area (Å²) in [7, 11) is 2.94. The Morgan fingerprint density at radius 1 is 1.44 bits per heavy atom. The van der Waals surface area contributed by atoms with E-state index in [1.807, 2.05) is 6.92 Å². The predicted molar refractivity (Wildman–Crippen MR) is 95.7 cm³/mol. The molecule has 0 aliphatic carbocycles. The number of rotatable bonds is 9. The van der Waals surface area contributed by atoms with Crippen molar-refractivity contribution in [3.8, 4) is 12.5 Å². The van der Waals surface area contributed by atoms with Gasteiger partial charge in [-0.25, -0.2) is 10.1 Å². The highest BCUT2D eigenvalue weighted by molar-refractivity contribution is 5.93. The van der Waals surface area contributed by atoms with Crippen molar-refractivity contribution in [2.24, 2.45) is 0 Å². The first-order chi connectivity index (χ1) is 13.0. The lowest BCUT2D eigenvalue weighted by Crippen LogP contribution is -2.15. The van der Waals surface area contributed by atoms with E-state index in [9.17, 15) is 14.3 Å². The van der Waals surface area contributed by atoms with E-state index in [0.29, 0.717) is 6.61 Å². The second kappa shape index (κ2) is 10.7. The van der Waals surface area contributed by atoms with Gasteiger partial charge in [0.25, 0.3) is 0 Å². The number of carbonyl (C=O) groups is 1. The molecule has 2 heterocycles. The molecule has 2 aromatic heterocycles. The van der Waals surface area contributed by atoms with Crippen LogP contribution in [0, 0.1) is 17.8 Å². The largest absolute Gasteiger partial charge is 0.481 e. The zero-order valence-corrected chi connectivity index (χ0v) is 15.3. The first-order valence-corrected chi connectivity index (χ1v) is 8.04. The number of hydrogen-bond donors (Lipinski definition) is 2. The maximum absolute atomic E-state index is 13.5. The summed E-state index contributed by atoms with van der Waals surface area (Å²) < 4.78 is 25.2. The van der Waals surface area contributed by atoms with Crippen LogP contribution in [0.1, 0.15) is 36.2 Å². The number of carboxylic acid groups (broad SMARTS) is 1. The minimum absolute atomic E-state index is 0.0200. The lowest BCUT2D eigenvalue weighted by Gasteiger charge is -2.15. The number of ether oxygens (including phenoxy) is 2. The van der Waals surface area contributed by atoms with Gasteiger partial charge in [-0.1, -0.05) is 13.3 Å². The lowest BCUT2D eigenvalue weighted by atomic mass is 10.2. The molecule has 9 nitrogen and oxygen atoms in total. The standard InChI is InChI=1S/C16H21FN4O4.CHN/c1-4-5-11(9-24-2)21-8-12(16(22)23)15(20-21)18-10-6-13(17)19-14(7-10)25-3;1-2/h6-8,11H,4-5,9H2,1-3H3,(H,22,23)(H,18,19,20);1H. The molecule has 0 saturated heterocycles. The summed E-state index contributed by atoms with van der Waals surface area (Å²) in [5.74, 6) is -1.70. The Bertz CT molecular complexity index is 772. The number of hydrogen-bond acceptors (Lipinski definition) is 7. The van der Waals surface area contributed by atoms with Crippen LogP contribution in [0.3, 0.4) is 0 Å². The molecule has 0 aliphatic rings. The molecule has 2 aromatic rings. The zero-order chi connectivity index (χ0) is 20.4. The second-order valence-electron chi connectivity index (χ2n) is 5.42. The van der Waals surface area contributed by atoms with Crippen LogP contribution < -0.4 is 10.1 Å². The fraction of sp³-hybridized carbons (Fsp3) is 0.412. The van der Waals surface area contributed by atoms with Crippen LogP contribution in [0.5, 0.6) is 5.88 Å². The molecule has 2 N–H and O–H groups in total. The number of pyridine rings is 1. The van der Waals surface area contributed by atoms with E-state index in [1.165, 1.54) is 19.4 Å². The number of nitrogens with zero attached hydrogens (tertiary/aromatic N) is 4. The molecule has 0 radical (unpaired) electrons. The molecule has 1 unspecified atom stereocenters. The van der Waals surface area contributed by atoms with Gasteiger partial charge in [0.05, 0.1) is 19.8 Å². The van der Waals surface area contributed by atoms with Crippen LogP contribution in [0.15, 0.2) is 18.3 Å².